The van der Waals surface area contributed by atoms with Crippen LogP contribution in [0.4, 0.5) is 5.69 Å². The second-order valence-corrected chi connectivity index (χ2v) is 6.68. The average Bonchev–Trinajstić information content (AvgIpc) is 3.32. The van der Waals surface area contributed by atoms with Crippen LogP contribution < -0.4 is 10.0 Å². The summed E-state index contributed by atoms with van der Waals surface area (Å²) >= 11 is 0. The summed E-state index contributed by atoms with van der Waals surface area (Å²) in [7, 11) is -3.55. The van der Waals surface area contributed by atoms with E-state index < -0.39 is 15.9 Å². The van der Waals surface area contributed by atoms with E-state index in [1.165, 1.54) is 30.7 Å². The highest BCUT2D eigenvalue weighted by Gasteiger charge is 2.28. The maximum atomic E-state index is 12.1. The van der Waals surface area contributed by atoms with Gasteiger partial charge in [0.25, 0.3) is 5.91 Å². The predicted octanol–water partition coefficient (Wildman–Crippen LogP) is 1.17. The molecule has 0 bridgehead atoms. The summed E-state index contributed by atoms with van der Waals surface area (Å²) in [5.74, 6) is -0.446. The SMILES string of the molecule is O=C(Nc1cccc(S(=O)(=O)NC2CC2)c1)c1cnccn1. The number of nitrogens with zero attached hydrogens (tertiary/aromatic N) is 2. The zero-order valence-corrected chi connectivity index (χ0v) is 12.4. The maximum absolute atomic E-state index is 12.1. The van der Waals surface area contributed by atoms with Gasteiger partial charge in [-0.3, -0.25) is 9.78 Å². The molecular weight excluding hydrogens is 304 g/mol. The molecule has 0 unspecified atom stereocenters. The number of sulfonamides is 1. The van der Waals surface area contributed by atoms with E-state index in [4.69, 9.17) is 0 Å². The van der Waals surface area contributed by atoms with Crippen molar-refractivity contribution in [3.63, 3.8) is 0 Å². The molecule has 7 nitrogen and oxygen atoms in total. The van der Waals surface area contributed by atoms with Gasteiger partial charge in [-0.25, -0.2) is 18.1 Å². The van der Waals surface area contributed by atoms with Gasteiger partial charge in [-0.05, 0) is 31.0 Å². The van der Waals surface area contributed by atoms with Gasteiger partial charge in [0.1, 0.15) is 5.69 Å². The molecule has 3 rings (SSSR count). The fourth-order valence-corrected chi connectivity index (χ4v) is 3.19. The molecule has 1 fully saturated rings. The number of rotatable bonds is 5. The Labute approximate surface area is 127 Å². The minimum absolute atomic E-state index is 0.0304. The molecule has 0 aliphatic heterocycles. The molecule has 0 radical (unpaired) electrons. The van der Waals surface area contributed by atoms with Crippen molar-refractivity contribution >= 4 is 21.6 Å². The lowest BCUT2D eigenvalue weighted by Gasteiger charge is -2.08. The Morgan fingerprint density at radius 2 is 2.05 bits per heavy atom. The smallest absolute Gasteiger partial charge is 0.275 e. The Hall–Kier alpha value is -2.32. The number of hydrogen-bond donors (Lipinski definition) is 2. The third-order valence-corrected chi connectivity index (χ3v) is 4.62. The first kappa shape index (κ1) is 14.6. The normalized spacial score (nSPS) is 14.5. The van der Waals surface area contributed by atoms with Gasteiger partial charge in [0, 0.05) is 24.1 Å². The van der Waals surface area contributed by atoms with Crippen LogP contribution in [0.5, 0.6) is 0 Å². The quantitative estimate of drug-likeness (QED) is 0.862. The van der Waals surface area contributed by atoms with Gasteiger partial charge >= 0.3 is 0 Å². The highest BCUT2D eigenvalue weighted by atomic mass is 32.2. The van der Waals surface area contributed by atoms with E-state index in [1.54, 1.807) is 12.1 Å². The van der Waals surface area contributed by atoms with E-state index in [0.29, 0.717) is 5.69 Å². The summed E-state index contributed by atoms with van der Waals surface area (Å²) in [5, 5.41) is 2.61. The highest BCUT2D eigenvalue weighted by Crippen LogP contribution is 2.23. The Bertz CT molecular complexity index is 789. The van der Waals surface area contributed by atoms with Crippen molar-refractivity contribution in [3.05, 3.63) is 48.5 Å². The molecule has 0 atom stereocenters. The molecule has 2 N–H and O–H groups in total. The van der Waals surface area contributed by atoms with Crippen molar-refractivity contribution in [1.82, 2.24) is 14.7 Å². The van der Waals surface area contributed by atoms with Crippen LogP contribution in [0.15, 0.2) is 47.8 Å². The lowest BCUT2D eigenvalue weighted by Crippen LogP contribution is -2.25. The first-order valence-corrected chi connectivity index (χ1v) is 8.23. The number of nitrogens with one attached hydrogen (secondary N) is 2. The highest BCUT2D eigenvalue weighted by molar-refractivity contribution is 7.89. The molecule has 1 aromatic heterocycles. The summed E-state index contributed by atoms with van der Waals surface area (Å²) in [5.41, 5.74) is 0.543. The Balaban J connectivity index is 1.78. The Kier molecular flexibility index (Phi) is 3.86. The molecule has 1 heterocycles. The minimum Gasteiger partial charge on any atom is -0.321 e. The van der Waals surface area contributed by atoms with Gasteiger partial charge in [-0.1, -0.05) is 6.07 Å². The third kappa shape index (κ3) is 3.46. The van der Waals surface area contributed by atoms with E-state index in [2.05, 4.69) is 20.0 Å². The van der Waals surface area contributed by atoms with Crippen molar-refractivity contribution in [2.24, 2.45) is 0 Å². The van der Waals surface area contributed by atoms with Crippen molar-refractivity contribution in [2.45, 2.75) is 23.8 Å². The van der Waals surface area contributed by atoms with Crippen molar-refractivity contribution in [1.29, 1.82) is 0 Å². The zero-order valence-electron chi connectivity index (χ0n) is 11.6. The summed E-state index contributed by atoms with van der Waals surface area (Å²) in [6.45, 7) is 0. The van der Waals surface area contributed by atoms with Crippen molar-refractivity contribution < 1.29 is 13.2 Å². The molecular formula is C14H14N4O3S. The number of hydrogen-bond acceptors (Lipinski definition) is 5. The summed E-state index contributed by atoms with van der Waals surface area (Å²) < 4.78 is 26.9. The molecule has 1 aromatic carbocycles. The topological polar surface area (TPSA) is 101 Å². The fraction of sp³-hybridized carbons (Fsp3) is 0.214. The average molecular weight is 318 g/mol. The lowest BCUT2D eigenvalue weighted by molar-refractivity contribution is 0.102. The molecule has 22 heavy (non-hydrogen) atoms. The number of amides is 1. The van der Waals surface area contributed by atoms with Gasteiger partial charge in [-0.2, -0.15) is 0 Å². The van der Waals surface area contributed by atoms with E-state index in [-0.39, 0.29) is 16.6 Å². The van der Waals surface area contributed by atoms with Crippen LogP contribution in [0, 0.1) is 0 Å². The Morgan fingerprint density at radius 3 is 2.73 bits per heavy atom. The largest absolute Gasteiger partial charge is 0.321 e. The van der Waals surface area contributed by atoms with Crippen LogP contribution in [0.3, 0.4) is 0 Å². The number of carbonyl (C=O) groups is 1. The van der Waals surface area contributed by atoms with E-state index in [1.807, 2.05) is 0 Å². The van der Waals surface area contributed by atoms with Gasteiger partial charge in [0.2, 0.25) is 10.0 Å². The summed E-state index contributed by atoms with van der Waals surface area (Å²) in [6, 6.07) is 6.13. The monoisotopic (exact) mass is 318 g/mol. The van der Waals surface area contributed by atoms with Crippen LogP contribution in [0.1, 0.15) is 23.3 Å². The number of anilines is 1. The standard InChI is InChI=1S/C14H14N4O3S/c19-14(13-9-15-6-7-16-13)17-11-2-1-3-12(8-11)22(20,21)18-10-4-5-10/h1-3,6-10,18H,4-5H2,(H,17,19). The fourth-order valence-electron chi connectivity index (χ4n) is 1.84. The zero-order chi connectivity index (χ0) is 15.6. The second kappa shape index (κ2) is 5.82. The summed E-state index contributed by atoms with van der Waals surface area (Å²) in [6.07, 6.45) is 5.94. The predicted molar refractivity (Wildman–Crippen MR) is 79.8 cm³/mol. The van der Waals surface area contributed by atoms with Gasteiger partial charge in [0.05, 0.1) is 11.1 Å². The molecule has 0 spiro atoms. The lowest BCUT2D eigenvalue weighted by atomic mass is 10.3. The van der Waals surface area contributed by atoms with E-state index >= 15 is 0 Å². The number of aromatic nitrogens is 2. The molecule has 114 valence electrons. The number of carbonyl (C=O) groups excluding carboxylic acids is 1. The summed E-state index contributed by atoms with van der Waals surface area (Å²) in [4.78, 5) is 19.8. The molecule has 0 saturated heterocycles. The molecule has 1 aliphatic carbocycles. The number of benzene rings is 1. The van der Waals surface area contributed by atoms with Crippen molar-refractivity contribution in [2.75, 3.05) is 5.32 Å². The molecule has 8 heteroatoms. The van der Waals surface area contributed by atoms with Gasteiger partial charge in [-0.15, -0.1) is 0 Å². The second-order valence-electron chi connectivity index (χ2n) is 4.97. The van der Waals surface area contributed by atoms with Gasteiger partial charge in [0.15, 0.2) is 0 Å². The minimum atomic E-state index is -3.55. The van der Waals surface area contributed by atoms with Crippen LogP contribution >= 0.6 is 0 Å². The Morgan fingerprint density at radius 1 is 1.23 bits per heavy atom. The van der Waals surface area contributed by atoms with E-state index in [0.717, 1.165) is 12.8 Å². The maximum Gasteiger partial charge on any atom is 0.275 e. The molecule has 2 aromatic rings. The van der Waals surface area contributed by atoms with E-state index in [9.17, 15) is 13.2 Å². The van der Waals surface area contributed by atoms with Crippen LogP contribution in [-0.4, -0.2) is 30.3 Å². The van der Waals surface area contributed by atoms with Crippen molar-refractivity contribution in [3.8, 4) is 0 Å². The molecule has 1 amide bonds. The van der Waals surface area contributed by atoms with Gasteiger partial charge < -0.3 is 5.32 Å². The first-order valence-electron chi connectivity index (χ1n) is 6.74. The van der Waals surface area contributed by atoms with Crippen LogP contribution in [0.25, 0.3) is 0 Å². The van der Waals surface area contributed by atoms with Crippen LogP contribution in [-0.2, 0) is 10.0 Å². The van der Waals surface area contributed by atoms with Crippen LogP contribution in [0.2, 0.25) is 0 Å². The third-order valence-electron chi connectivity index (χ3n) is 3.10. The first-order chi connectivity index (χ1) is 10.5. The molecule has 1 saturated carbocycles. The molecule has 1 aliphatic rings.